The molecule has 1 aromatic rings. The Kier molecular flexibility index (Phi) is 5.53. The van der Waals surface area contributed by atoms with Gasteiger partial charge in [-0.3, -0.25) is 4.79 Å². The molecule has 0 aliphatic carbocycles. The molecule has 0 unspecified atom stereocenters. The largest absolute Gasteiger partial charge is 0.383 e. The SMILES string of the molecule is COCCNC(=O)[C@@H](N)Cc1ccccc1. The third kappa shape index (κ3) is 4.42. The van der Waals surface area contributed by atoms with E-state index in [-0.39, 0.29) is 5.91 Å². The van der Waals surface area contributed by atoms with Gasteiger partial charge in [-0.25, -0.2) is 0 Å². The lowest BCUT2D eigenvalue weighted by Crippen LogP contribution is -2.43. The van der Waals surface area contributed by atoms with E-state index in [9.17, 15) is 4.79 Å². The van der Waals surface area contributed by atoms with Crippen LogP contribution in [-0.2, 0) is 16.0 Å². The van der Waals surface area contributed by atoms with Gasteiger partial charge in [0.15, 0.2) is 0 Å². The van der Waals surface area contributed by atoms with Crippen LogP contribution in [0, 0.1) is 0 Å². The molecular formula is C12H18N2O2. The topological polar surface area (TPSA) is 64.3 Å². The summed E-state index contributed by atoms with van der Waals surface area (Å²) in [7, 11) is 1.59. The van der Waals surface area contributed by atoms with Crippen molar-refractivity contribution in [2.24, 2.45) is 5.73 Å². The van der Waals surface area contributed by atoms with Crippen LogP contribution in [0.2, 0.25) is 0 Å². The molecule has 0 aliphatic heterocycles. The lowest BCUT2D eigenvalue weighted by Gasteiger charge is -2.11. The maximum absolute atomic E-state index is 11.5. The number of ether oxygens (including phenoxy) is 1. The van der Waals surface area contributed by atoms with Gasteiger partial charge >= 0.3 is 0 Å². The van der Waals surface area contributed by atoms with Crippen molar-refractivity contribution in [1.82, 2.24) is 5.32 Å². The van der Waals surface area contributed by atoms with Crippen molar-refractivity contribution >= 4 is 5.91 Å². The number of carbonyl (C=O) groups is 1. The maximum Gasteiger partial charge on any atom is 0.237 e. The molecule has 0 aliphatic rings. The molecule has 0 radical (unpaired) electrons. The molecule has 3 N–H and O–H groups in total. The van der Waals surface area contributed by atoms with Crippen molar-refractivity contribution in [2.45, 2.75) is 12.5 Å². The Morgan fingerprint density at radius 1 is 1.44 bits per heavy atom. The van der Waals surface area contributed by atoms with Crippen LogP contribution in [-0.4, -0.2) is 32.2 Å². The summed E-state index contributed by atoms with van der Waals surface area (Å²) in [6.07, 6.45) is 0.555. The van der Waals surface area contributed by atoms with Gasteiger partial charge in [0.05, 0.1) is 12.6 Å². The van der Waals surface area contributed by atoms with E-state index in [1.165, 1.54) is 0 Å². The lowest BCUT2D eigenvalue weighted by atomic mass is 10.1. The highest BCUT2D eigenvalue weighted by Crippen LogP contribution is 2.01. The number of amides is 1. The Bertz CT molecular complexity index is 314. The van der Waals surface area contributed by atoms with Gasteiger partial charge in [0, 0.05) is 13.7 Å². The Labute approximate surface area is 95.8 Å². The van der Waals surface area contributed by atoms with Crippen LogP contribution in [0.3, 0.4) is 0 Å². The summed E-state index contributed by atoms with van der Waals surface area (Å²) in [6, 6.07) is 9.23. The molecule has 0 spiro atoms. The minimum atomic E-state index is -0.501. The highest BCUT2D eigenvalue weighted by molar-refractivity contribution is 5.81. The van der Waals surface area contributed by atoms with Crippen molar-refractivity contribution in [3.8, 4) is 0 Å². The number of carbonyl (C=O) groups excluding carboxylic acids is 1. The standard InChI is InChI=1S/C12H18N2O2/c1-16-8-7-14-12(15)11(13)9-10-5-3-2-4-6-10/h2-6,11H,7-9,13H2,1H3,(H,14,15)/t11-/m0/s1. The normalized spacial score (nSPS) is 12.1. The highest BCUT2D eigenvalue weighted by atomic mass is 16.5. The van der Waals surface area contributed by atoms with Gasteiger partial charge in [0.2, 0.25) is 5.91 Å². The zero-order valence-corrected chi connectivity index (χ0v) is 9.48. The molecule has 88 valence electrons. The highest BCUT2D eigenvalue weighted by Gasteiger charge is 2.12. The van der Waals surface area contributed by atoms with Crippen molar-refractivity contribution in [1.29, 1.82) is 0 Å². The first-order valence-corrected chi connectivity index (χ1v) is 5.30. The van der Waals surface area contributed by atoms with Gasteiger partial charge in [-0.1, -0.05) is 30.3 Å². The average Bonchev–Trinajstić information content (AvgIpc) is 2.30. The van der Waals surface area contributed by atoms with Crippen molar-refractivity contribution in [3.05, 3.63) is 35.9 Å². The number of nitrogens with two attached hydrogens (primary N) is 1. The Morgan fingerprint density at radius 2 is 2.12 bits per heavy atom. The second kappa shape index (κ2) is 6.98. The van der Waals surface area contributed by atoms with Crippen molar-refractivity contribution in [2.75, 3.05) is 20.3 Å². The molecule has 0 fully saturated rings. The van der Waals surface area contributed by atoms with Crippen LogP contribution >= 0.6 is 0 Å². The summed E-state index contributed by atoms with van der Waals surface area (Å²) < 4.78 is 4.83. The van der Waals surface area contributed by atoms with Crippen molar-refractivity contribution < 1.29 is 9.53 Å². The minimum absolute atomic E-state index is 0.138. The van der Waals surface area contributed by atoms with E-state index < -0.39 is 6.04 Å². The monoisotopic (exact) mass is 222 g/mol. The van der Waals surface area contributed by atoms with E-state index in [2.05, 4.69) is 5.32 Å². The lowest BCUT2D eigenvalue weighted by molar-refractivity contribution is -0.122. The fraction of sp³-hybridized carbons (Fsp3) is 0.417. The average molecular weight is 222 g/mol. The predicted octanol–water partition coefficient (Wildman–Crippen LogP) is 0.319. The molecule has 0 heterocycles. The quantitative estimate of drug-likeness (QED) is 0.681. The van der Waals surface area contributed by atoms with Gasteiger partial charge < -0.3 is 15.8 Å². The second-order valence-corrected chi connectivity index (χ2v) is 3.58. The molecule has 0 saturated heterocycles. The van der Waals surface area contributed by atoms with Gasteiger partial charge in [-0.05, 0) is 12.0 Å². The number of hydrogen-bond acceptors (Lipinski definition) is 3. The minimum Gasteiger partial charge on any atom is -0.383 e. The molecule has 0 aromatic heterocycles. The Hall–Kier alpha value is -1.39. The molecule has 4 nitrogen and oxygen atoms in total. The molecule has 1 aromatic carbocycles. The first-order chi connectivity index (χ1) is 7.74. The van der Waals surface area contributed by atoms with Crippen LogP contribution in [0.5, 0.6) is 0 Å². The Balaban J connectivity index is 2.34. The maximum atomic E-state index is 11.5. The van der Waals surface area contributed by atoms with Crippen LogP contribution < -0.4 is 11.1 Å². The van der Waals surface area contributed by atoms with E-state index in [0.29, 0.717) is 19.6 Å². The van der Waals surface area contributed by atoms with Crippen LogP contribution in [0.1, 0.15) is 5.56 Å². The fourth-order valence-corrected chi connectivity index (χ4v) is 1.37. The summed E-state index contributed by atoms with van der Waals surface area (Å²) in [4.78, 5) is 11.5. The molecule has 0 saturated carbocycles. The summed E-state index contributed by atoms with van der Waals surface area (Å²) in [5.41, 5.74) is 6.85. The van der Waals surface area contributed by atoms with E-state index in [4.69, 9.17) is 10.5 Å². The number of hydrogen-bond donors (Lipinski definition) is 2. The molecular weight excluding hydrogens is 204 g/mol. The molecule has 1 amide bonds. The summed E-state index contributed by atoms with van der Waals surface area (Å²) in [5, 5.41) is 2.71. The second-order valence-electron chi connectivity index (χ2n) is 3.58. The third-order valence-electron chi connectivity index (χ3n) is 2.24. The number of benzene rings is 1. The smallest absolute Gasteiger partial charge is 0.237 e. The molecule has 0 bridgehead atoms. The van der Waals surface area contributed by atoms with Crippen molar-refractivity contribution in [3.63, 3.8) is 0 Å². The summed E-state index contributed by atoms with van der Waals surface area (Å²) in [6.45, 7) is 1.00. The van der Waals surface area contributed by atoms with Gasteiger partial charge in [0.25, 0.3) is 0 Å². The zero-order chi connectivity index (χ0) is 11.8. The van der Waals surface area contributed by atoms with Crippen LogP contribution in [0.25, 0.3) is 0 Å². The van der Waals surface area contributed by atoms with E-state index in [1.54, 1.807) is 7.11 Å². The molecule has 1 atom stereocenters. The number of nitrogens with one attached hydrogen (secondary N) is 1. The molecule has 16 heavy (non-hydrogen) atoms. The fourth-order valence-electron chi connectivity index (χ4n) is 1.37. The molecule has 1 rings (SSSR count). The predicted molar refractivity (Wildman–Crippen MR) is 63.0 cm³/mol. The zero-order valence-electron chi connectivity index (χ0n) is 9.48. The Morgan fingerprint density at radius 3 is 2.75 bits per heavy atom. The summed E-state index contributed by atoms with van der Waals surface area (Å²) in [5.74, 6) is -0.138. The number of methoxy groups -OCH3 is 1. The van der Waals surface area contributed by atoms with E-state index in [0.717, 1.165) is 5.56 Å². The first-order valence-electron chi connectivity index (χ1n) is 5.30. The first kappa shape index (κ1) is 12.7. The van der Waals surface area contributed by atoms with E-state index in [1.807, 2.05) is 30.3 Å². The molecule has 4 heteroatoms. The number of rotatable bonds is 6. The van der Waals surface area contributed by atoms with Crippen LogP contribution in [0.4, 0.5) is 0 Å². The third-order valence-corrected chi connectivity index (χ3v) is 2.24. The van der Waals surface area contributed by atoms with Crippen LogP contribution in [0.15, 0.2) is 30.3 Å². The van der Waals surface area contributed by atoms with E-state index >= 15 is 0 Å². The van der Waals surface area contributed by atoms with Gasteiger partial charge in [-0.2, -0.15) is 0 Å². The summed E-state index contributed by atoms with van der Waals surface area (Å²) >= 11 is 0. The van der Waals surface area contributed by atoms with Gasteiger partial charge in [-0.15, -0.1) is 0 Å². The van der Waals surface area contributed by atoms with Gasteiger partial charge in [0.1, 0.15) is 0 Å².